The maximum absolute atomic E-state index is 9.30. The minimum absolute atomic E-state index is 0.00790. The van der Waals surface area contributed by atoms with Crippen LogP contribution in [0, 0.1) is 5.41 Å². The van der Waals surface area contributed by atoms with Gasteiger partial charge in [0.2, 0.25) is 0 Å². The van der Waals surface area contributed by atoms with Crippen LogP contribution in [0.2, 0.25) is 0 Å². The molecule has 136 valence electrons. The fourth-order valence-electron chi connectivity index (χ4n) is 3.22. The van der Waals surface area contributed by atoms with E-state index in [0.29, 0.717) is 6.61 Å². The lowest BCUT2D eigenvalue weighted by molar-refractivity contribution is 0.127. The largest absolute Gasteiger partial charge is 0.396 e. The molecule has 3 heterocycles. The van der Waals surface area contributed by atoms with Gasteiger partial charge in [-0.3, -0.25) is 4.99 Å². The van der Waals surface area contributed by atoms with E-state index in [1.807, 2.05) is 28.8 Å². The summed E-state index contributed by atoms with van der Waals surface area (Å²) in [5.74, 6) is 0.771. The Hall–Kier alpha value is -2.12. The highest BCUT2D eigenvalue weighted by atomic mass is 16.5. The number of aliphatic hydroxyl groups excluding tert-OH is 1. The number of imidazole rings is 1. The summed E-state index contributed by atoms with van der Waals surface area (Å²) >= 11 is 0. The molecule has 3 N–H and O–H groups in total. The number of aliphatic imine (C=N–C) groups is 1. The van der Waals surface area contributed by atoms with Gasteiger partial charge in [0.15, 0.2) is 5.96 Å². The van der Waals surface area contributed by atoms with Crippen LogP contribution in [0.1, 0.15) is 18.5 Å². The Kier molecular flexibility index (Phi) is 5.88. The van der Waals surface area contributed by atoms with Crippen LogP contribution in [0.25, 0.3) is 5.65 Å². The SMILES string of the molecule is CN=C(NCCc1cn2ccccc2n1)NCC1(CCO)CCOC1. The number of ether oxygens (including phenoxy) is 1. The lowest BCUT2D eigenvalue weighted by Gasteiger charge is -2.27. The van der Waals surface area contributed by atoms with Gasteiger partial charge in [0.1, 0.15) is 5.65 Å². The topological polar surface area (TPSA) is 83.2 Å². The molecule has 0 amide bonds. The Morgan fingerprint density at radius 1 is 1.44 bits per heavy atom. The average molecular weight is 345 g/mol. The lowest BCUT2D eigenvalue weighted by Crippen LogP contribution is -2.45. The zero-order valence-electron chi connectivity index (χ0n) is 14.7. The van der Waals surface area contributed by atoms with Crippen molar-refractivity contribution < 1.29 is 9.84 Å². The Morgan fingerprint density at radius 2 is 2.36 bits per heavy atom. The molecule has 1 aliphatic heterocycles. The molecule has 1 aliphatic rings. The summed E-state index contributed by atoms with van der Waals surface area (Å²) in [6.07, 6.45) is 6.60. The predicted octanol–water partition coefficient (Wildman–Crippen LogP) is 0.831. The van der Waals surface area contributed by atoms with Gasteiger partial charge >= 0.3 is 0 Å². The molecule has 25 heavy (non-hydrogen) atoms. The van der Waals surface area contributed by atoms with E-state index in [-0.39, 0.29) is 12.0 Å². The predicted molar refractivity (Wildman–Crippen MR) is 97.8 cm³/mol. The second-order valence-corrected chi connectivity index (χ2v) is 6.58. The van der Waals surface area contributed by atoms with Crippen LogP contribution in [-0.4, -0.2) is 60.4 Å². The zero-order valence-corrected chi connectivity index (χ0v) is 14.7. The first kappa shape index (κ1) is 17.7. The first-order valence-corrected chi connectivity index (χ1v) is 8.80. The van der Waals surface area contributed by atoms with Crippen LogP contribution >= 0.6 is 0 Å². The van der Waals surface area contributed by atoms with Crippen molar-refractivity contribution in [1.82, 2.24) is 20.0 Å². The van der Waals surface area contributed by atoms with E-state index in [4.69, 9.17) is 4.74 Å². The Labute approximate surface area is 148 Å². The molecule has 0 aliphatic carbocycles. The quantitative estimate of drug-likeness (QED) is 0.511. The number of aromatic nitrogens is 2. The van der Waals surface area contributed by atoms with E-state index in [0.717, 1.165) is 56.3 Å². The van der Waals surface area contributed by atoms with E-state index in [9.17, 15) is 5.11 Å². The summed E-state index contributed by atoms with van der Waals surface area (Å²) in [4.78, 5) is 8.88. The molecule has 7 nitrogen and oxygen atoms in total. The number of nitrogens with one attached hydrogen (secondary N) is 2. The van der Waals surface area contributed by atoms with Crippen molar-refractivity contribution in [2.45, 2.75) is 19.3 Å². The molecule has 0 spiro atoms. The van der Waals surface area contributed by atoms with Crippen molar-refractivity contribution >= 4 is 11.6 Å². The van der Waals surface area contributed by atoms with Crippen LogP contribution in [0.15, 0.2) is 35.6 Å². The number of pyridine rings is 1. The maximum atomic E-state index is 9.30. The van der Waals surface area contributed by atoms with Gasteiger partial charge in [-0.05, 0) is 25.0 Å². The molecular formula is C18H27N5O2. The third-order valence-corrected chi connectivity index (χ3v) is 4.77. The number of guanidine groups is 1. The second-order valence-electron chi connectivity index (χ2n) is 6.58. The van der Waals surface area contributed by atoms with Gasteiger partial charge in [0.25, 0.3) is 0 Å². The second kappa shape index (κ2) is 8.31. The van der Waals surface area contributed by atoms with Crippen molar-refractivity contribution in [3.8, 4) is 0 Å². The van der Waals surface area contributed by atoms with E-state index < -0.39 is 0 Å². The molecule has 0 saturated carbocycles. The maximum Gasteiger partial charge on any atom is 0.191 e. The normalized spacial score (nSPS) is 21.0. The highest BCUT2D eigenvalue weighted by Crippen LogP contribution is 2.31. The smallest absolute Gasteiger partial charge is 0.191 e. The van der Waals surface area contributed by atoms with Crippen LogP contribution in [0.3, 0.4) is 0 Å². The number of fused-ring (bicyclic) bond motifs is 1. The third-order valence-electron chi connectivity index (χ3n) is 4.77. The minimum atomic E-state index is 0.00790. The molecule has 1 saturated heterocycles. The Morgan fingerprint density at radius 3 is 3.08 bits per heavy atom. The summed E-state index contributed by atoms with van der Waals surface area (Å²) in [7, 11) is 1.77. The van der Waals surface area contributed by atoms with Gasteiger partial charge in [-0.15, -0.1) is 0 Å². The number of nitrogens with zero attached hydrogens (tertiary/aromatic N) is 3. The highest BCUT2D eigenvalue weighted by molar-refractivity contribution is 5.79. The van der Waals surface area contributed by atoms with Crippen LogP contribution in [-0.2, 0) is 11.2 Å². The summed E-state index contributed by atoms with van der Waals surface area (Å²) in [5, 5.41) is 16.0. The highest BCUT2D eigenvalue weighted by Gasteiger charge is 2.34. The number of hydrogen-bond donors (Lipinski definition) is 3. The standard InChI is InChI=1S/C18H27N5O2/c1-19-17(21-13-18(6-10-24)7-11-25-14-18)20-8-5-15-12-23-9-3-2-4-16(23)22-15/h2-4,9,12,24H,5-8,10-11,13-14H2,1H3,(H2,19,20,21). The van der Waals surface area contributed by atoms with Gasteiger partial charge < -0.3 is 24.9 Å². The number of rotatable bonds is 7. The molecule has 0 bridgehead atoms. The summed E-state index contributed by atoms with van der Waals surface area (Å²) in [6.45, 7) is 3.15. The zero-order chi connectivity index (χ0) is 17.5. The fourth-order valence-corrected chi connectivity index (χ4v) is 3.22. The van der Waals surface area contributed by atoms with Crippen LogP contribution < -0.4 is 10.6 Å². The van der Waals surface area contributed by atoms with E-state index in [1.54, 1.807) is 7.05 Å². The Bertz CT molecular complexity index is 673. The average Bonchev–Trinajstić information content (AvgIpc) is 3.25. The van der Waals surface area contributed by atoms with Gasteiger partial charge in [-0.1, -0.05) is 6.07 Å². The van der Waals surface area contributed by atoms with E-state index >= 15 is 0 Å². The molecule has 7 heteroatoms. The van der Waals surface area contributed by atoms with Crippen LogP contribution in [0.4, 0.5) is 0 Å². The van der Waals surface area contributed by atoms with Gasteiger partial charge in [-0.25, -0.2) is 4.98 Å². The Balaban J connectivity index is 1.47. The van der Waals surface area contributed by atoms with Crippen LogP contribution in [0.5, 0.6) is 0 Å². The molecule has 0 aromatic carbocycles. The van der Waals surface area contributed by atoms with E-state index in [1.165, 1.54) is 0 Å². The van der Waals surface area contributed by atoms with Crippen molar-refractivity contribution in [3.63, 3.8) is 0 Å². The lowest BCUT2D eigenvalue weighted by atomic mass is 9.84. The van der Waals surface area contributed by atoms with Crippen molar-refractivity contribution in [2.24, 2.45) is 10.4 Å². The molecule has 2 aromatic heterocycles. The van der Waals surface area contributed by atoms with Crippen molar-refractivity contribution in [1.29, 1.82) is 0 Å². The summed E-state index contributed by atoms with van der Waals surface area (Å²) in [5.41, 5.74) is 2.02. The number of aliphatic hydroxyl groups is 1. The fraction of sp³-hybridized carbons (Fsp3) is 0.556. The minimum Gasteiger partial charge on any atom is -0.396 e. The summed E-state index contributed by atoms with van der Waals surface area (Å²) in [6, 6.07) is 5.99. The first-order chi connectivity index (χ1) is 12.2. The van der Waals surface area contributed by atoms with Gasteiger partial charge in [0, 0.05) is 57.6 Å². The van der Waals surface area contributed by atoms with Gasteiger partial charge in [0.05, 0.1) is 12.3 Å². The molecule has 2 aromatic rings. The monoisotopic (exact) mass is 345 g/mol. The molecule has 1 fully saturated rings. The molecule has 1 atom stereocenters. The van der Waals surface area contributed by atoms with E-state index in [2.05, 4.69) is 26.8 Å². The first-order valence-electron chi connectivity index (χ1n) is 8.80. The molecular weight excluding hydrogens is 318 g/mol. The third kappa shape index (κ3) is 4.49. The molecule has 3 rings (SSSR count). The molecule has 1 unspecified atom stereocenters. The van der Waals surface area contributed by atoms with Crippen molar-refractivity contribution in [3.05, 3.63) is 36.3 Å². The summed E-state index contributed by atoms with van der Waals surface area (Å²) < 4.78 is 7.55. The molecule has 0 radical (unpaired) electrons. The number of hydrogen-bond acceptors (Lipinski definition) is 4. The van der Waals surface area contributed by atoms with Crippen molar-refractivity contribution in [2.75, 3.05) is 40.0 Å². The van der Waals surface area contributed by atoms with Gasteiger partial charge in [-0.2, -0.15) is 0 Å².